The number of thiophene rings is 1. The van der Waals surface area contributed by atoms with E-state index in [1.165, 1.54) is 5.56 Å². The number of ether oxygens (including phenoxy) is 1. The number of benzene rings is 1. The van der Waals surface area contributed by atoms with Crippen molar-refractivity contribution < 1.29 is 9.53 Å². The molecule has 0 saturated carbocycles. The third kappa shape index (κ3) is 4.01. The van der Waals surface area contributed by atoms with Crippen molar-refractivity contribution in [2.75, 3.05) is 6.61 Å². The maximum absolute atomic E-state index is 11.9. The van der Waals surface area contributed by atoms with Gasteiger partial charge in [0.15, 0.2) is 5.78 Å². The van der Waals surface area contributed by atoms with E-state index in [0.717, 1.165) is 10.4 Å². The second kappa shape index (κ2) is 6.64. The Hall–Kier alpha value is -1.45. The number of carbonyl (C=O) groups is 1. The molecule has 19 heavy (non-hydrogen) atoms. The van der Waals surface area contributed by atoms with E-state index in [0.29, 0.717) is 12.5 Å². The van der Waals surface area contributed by atoms with Gasteiger partial charge in [-0.25, -0.2) is 0 Å². The first-order chi connectivity index (χ1) is 9.16. The molecule has 0 N–H and O–H groups in total. The number of Topliss-reactive ketones (excluding diaryl/α,β-unsaturated/α-hetero) is 1. The maximum Gasteiger partial charge on any atom is 0.188 e. The minimum absolute atomic E-state index is 0.0341. The van der Waals surface area contributed by atoms with Gasteiger partial charge in [0.2, 0.25) is 0 Å². The molecule has 0 fully saturated rings. The van der Waals surface area contributed by atoms with Gasteiger partial charge in [-0.2, -0.15) is 0 Å². The fourth-order valence-corrected chi connectivity index (χ4v) is 2.42. The highest BCUT2D eigenvalue weighted by molar-refractivity contribution is 7.09. The molecule has 0 spiro atoms. The maximum atomic E-state index is 11.9. The standard InChI is InChI=1S/C16H18O2S/c1-12(2)13-5-7-14(8-6-13)16(17)11-18-10-15-4-3-9-19-15/h3-9,12H,10-11H2,1-2H3. The summed E-state index contributed by atoms with van der Waals surface area (Å²) in [5.74, 6) is 0.520. The molecule has 0 radical (unpaired) electrons. The van der Waals surface area contributed by atoms with Gasteiger partial charge >= 0.3 is 0 Å². The van der Waals surface area contributed by atoms with E-state index in [4.69, 9.17) is 4.74 Å². The van der Waals surface area contributed by atoms with Crippen LogP contribution in [0.2, 0.25) is 0 Å². The van der Waals surface area contributed by atoms with Crippen molar-refractivity contribution in [2.45, 2.75) is 26.4 Å². The van der Waals surface area contributed by atoms with E-state index in [1.807, 2.05) is 41.8 Å². The zero-order chi connectivity index (χ0) is 13.7. The number of hydrogen-bond donors (Lipinski definition) is 0. The van der Waals surface area contributed by atoms with E-state index in [2.05, 4.69) is 13.8 Å². The third-order valence-corrected chi connectivity index (χ3v) is 3.81. The highest BCUT2D eigenvalue weighted by Crippen LogP contribution is 2.15. The summed E-state index contributed by atoms with van der Waals surface area (Å²) in [6.45, 7) is 4.92. The summed E-state index contributed by atoms with van der Waals surface area (Å²) in [7, 11) is 0. The topological polar surface area (TPSA) is 26.3 Å². The van der Waals surface area contributed by atoms with Crippen LogP contribution in [0.3, 0.4) is 0 Å². The molecule has 1 aromatic heterocycles. The Kier molecular flexibility index (Phi) is 4.88. The number of carbonyl (C=O) groups excluding carboxylic acids is 1. The molecular formula is C16H18O2S. The molecule has 0 amide bonds. The van der Waals surface area contributed by atoms with Gasteiger partial charge in [-0.05, 0) is 22.9 Å². The van der Waals surface area contributed by atoms with Gasteiger partial charge in [-0.3, -0.25) is 4.79 Å². The van der Waals surface area contributed by atoms with Crippen molar-refractivity contribution in [2.24, 2.45) is 0 Å². The van der Waals surface area contributed by atoms with Crippen LogP contribution in [0.1, 0.15) is 40.6 Å². The highest BCUT2D eigenvalue weighted by atomic mass is 32.1. The molecule has 0 atom stereocenters. The van der Waals surface area contributed by atoms with Crippen LogP contribution in [0.5, 0.6) is 0 Å². The normalized spacial score (nSPS) is 10.9. The van der Waals surface area contributed by atoms with Gasteiger partial charge in [-0.15, -0.1) is 11.3 Å². The molecule has 0 aliphatic carbocycles. The van der Waals surface area contributed by atoms with Crippen LogP contribution in [0, 0.1) is 0 Å². The summed E-state index contributed by atoms with van der Waals surface area (Å²) in [5, 5.41) is 2.01. The molecule has 0 aliphatic rings. The predicted octanol–water partition coefficient (Wildman–Crippen LogP) is 4.27. The van der Waals surface area contributed by atoms with E-state index in [1.54, 1.807) is 11.3 Å². The van der Waals surface area contributed by atoms with Crippen LogP contribution in [-0.2, 0) is 11.3 Å². The Morgan fingerprint density at radius 3 is 2.53 bits per heavy atom. The van der Waals surface area contributed by atoms with E-state index in [9.17, 15) is 4.79 Å². The average Bonchev–Trinajstić information content (AvgIpc) is 2.92. The molecule has 1 aromatic carbocycles. The largest absolute Gasteiger partial charge is 0.368 e. The zero-order valence-corrected chi connectivity index (χ0v) is 12.1. The Morgan fingerprint density at radius 2 is 1.95 bits per heavy atom. The van der Waals surface area contributed by atoms with Crippen molar-refractivity contribution in [1.82, 2.24) is 0 Å². The third-order valence-electron chi connectivity index (χ3n) is 2.96. The Bertz CT molecular complexity index is 512. The summed E-state index contributed by atoms with van der Waals surface area (Å²) >= 11 is 1.64. The second-order valence-electron chi connectivity index (χ2n) is 4.77. The van der Waals surface area contributed by atoms with Gasteiger partial charge < -0.3 is 4.74 Å². The fourth-order valence-electron chi connectivity index (χ4n) is 1.78. The fraction of sp³-hybridized carbons (Fsp3) is 0.312. The molecule has 1 heterocycles. The first-order valence-electron chi connectivity index (χ1n) is 6.40. The van der Waals surface area contributed by atoms with Crippen molar-refractivity contribution in [3.05, 3.63) is 57.8 Å². The molecule has 0 saturated heterocycles. The lowest BCUT2D eigenvalue weighted by Crippen LogP contribution is -2.08. The zero-order valence-electron chi connectivity index (χ0n) is 11.3. The molecule has 2 rings (SSSR count). The first kappa shape index (κ1) is 14.0. The van der Waals surface area contributed by atoms with Gasteiger partial charge in [0.25, 0.3) is 0 Å². The highest BCUT2D eigenvalue weighted by Gasteiger charge is 2.07. The van der Waals surface area contributed by atoms with Gasteiger partial charge in [0.1, 0.15) is 6.61 Å². The summed E-state index contributed by atoms with van der Waals surface area (Å²) in [4.78, 5) is 13.1. The van der Waals surface area contributed by atoms with Crippen LogP contribution in [0.25, 0.3) is 0 Å². The van der Waals surface area contributed by atoms with Crippen molar-refractivity contribution in [3.8, 4) is 0 Å². The quantitative estimate of drug-likeness (QED) is 0.735. The summed E-state index contributed by atoms with van der Waals surface area (Å²) < 4.78 is 5.43. The predicted molar refractivity (Wildman–Crippen MR) is 78.8 cm³/mol. The first-order valence-corrected chi connectivity index (χ1v) is 7.28. The molecule has 0 aliphatic heterocycles. The second-order valence-corrected chi connectivity index (χ2v) is 5.80. The lowest BCUT2D eigenvalue weighted by molar-refractivity contribution is 0.0731. The van der Waals surface area contributed by atoms with Crippen LogP contribution in [-0.4, -0.2) is 12.4 Å². The molecule has 2 aromatic rings. The Labute approximate surface area is 118 Å². The SMILES string of the molecule is CC(C)c1ccc(C(=O)COCc2cccs2)cc1. The van der Waals surface area contributed by atoms with Crippen LogP contribution >= 0.6 is 11.3 Å². The van der Waals surface area contributed by atoms with Crippen molar-refractivity contribution in [3.63, 3.8) is 0 Å². The molecule has 0 bridgehead atoms. The number of ketones is 1. The van der Waals surface area contributed by atoms with Crippen LogP contribution in [0.4, 0.5) is 0 Å². The van der Waals surface area contributed by atoms with Crippen LogP contribution < -0.4 is 0 Å². The van der Waals surface area contributed by atoms with E-state index in [-0.39, 0.29) is 12.4 Å². The lowest BCUT2D eigenvalue weighted by Gasteiger charge is -2.06. The molecule has 2 nitrogen and oxygen atoms in total. The van der Waals surface area contributed by atoms with E-state index >= 15 is 0 Å². The Balaban J connectivity index is 1.85. The smallest absolute Gasteiger partial charge is 0.188 e. The summed E-state index contributed by atoms with van der Waals surface area (Å²) in [5.41, 5.74) is 1.96. The number of rotatable bonds is 6. The molecule has 0 unspecified atom stereocenters. The van der Waals surface area contributed by atoms with Gasteiger partial charge in [0, 0.05) is 10.4 Å². The molecular weight excluding hydrogens is 256 g/mol. The monoisotopic (exact) mass is 274 g/mol. The van der Waals surface area contributed by atoms with E-state index < -0.39 is 0 Å². The van der Waals surface area contributed by atoms with Crippen molar-refractivity contribution in [1.29, 1.82) is 0 Å². The Morgan fingerprint density at radius 1 is 1.21 bits per heavy atom. The van der Waals surface area contributed by atoms with Crippen LogP contribution in [0.15, 0.2) is 41.8 Å². The minimum Gasteiger partial charge on any atom is -0.368 e. The van der Waals surface area contributed by atoms with Gasteiger partial charge in [0.05, 0.1) is 6.61 Å². The van der Waals surface area contributed by atoms with Crippen molar-refractivity contribution >= 4 is 17.1 Å². The molecule has 100 valence electrons. The minimum atomic E-state index is 0.0341. The summed E-state index contributed by atoms with van der Waals surface area (Å²) in [6, 6.07) is 11.8. The lowest BCUT2D eigenvalue weighted by atomic mass is 10.0. The number of hydrogen-bond acceptors (Lipinski definition) is 3. The summed E-state index contributed by atoms with van der Waals surface area (Å²) in [6.07, 6.45) is 0. The van der Waals surface area contributed by atoms with Gasteiger partial charge in [-0.1, -0.05) is 44.2 Å². The average molecular weight is 274 g/mol. The molecule has 3 heteroatoms.